The Morgan fingerprint density at radius 3 is 2.55 bits per heavy atom. The van der Waals surface area contributed by atoms with E-state index in [2.05, 4.69) is 47.3 Å². The van der Waals surface area contributed by atoms with E-state index in [4.69, 9.17) is 11.6 Å². The molecule has 1 aromatic heterocycles. The molecular formula is C25H25ClN4O. The van der Waals surface area contributed by atoms with Crippen LogP contribution in [0.25, 0.3) is 10.9 Å². The molecule has 158 valence electrons. The first-order valence-corrected chi connectivity index (χ1v) is 11.0. The third-order valence-corrected chi connectivity index (χ3v) is 6.18. The Morgan fingerprint density at radius 2 is 1.90 bits per heavy atom. The minimum Gasteiger partial charge on any atom is -0.370 e. The fourth-order valence-electron chi connectivity index (χ4n) is 4.13. The lowest BCUT2D eigenvalue weighted by Crippen LogP contribution is -2.38. The Kier molecular flexibility index (Phi) is 6.11. The van der Waals surface area contributed by atoms with Gasteiger partial charge in [-0.3, -0.25) is 9.78 Å². The molecule has 2 aromatic carbocycles. The summed E-state index contributed by atoms with van der Waals surface area (Å²) in [5.41, 5.74) is 4.28. The molecule has 0 spiro atoms. The highest BCUT2D eigenvalue weighted by molar-refractivity contribution is 6.31. The van der Waals surface area contributed by atoms with Gasteiger partial charge in [-0.1, -0.05) is 37.6 Å². The lowest BCUT2D eigenvalue weighted by atomic mass is 9.94. The van der Waals surface area contributed by atoms with Gasteiger partial charge in [0.25, 0.3) is 0 Å². The van der Waals surface area contributed by atoms with Crippen molar-refractivity contribution < 1.29 is 4.79 Å². The van der Waals surface area contributed by atoms with Gasteiger partial charge in [-0.05, 0) is 54.7 Å². The first-order chi connectivity index (χ1) is 15.0. The molecule has 1 aliphatic heterocycles. The van der Waals surface area contributed by atoms with Crippen LogP contribution < -0.4 is 10.2 Å². The molecule has 31 heavy (non-hydrogen) atoms. The van der Waals surface area contributed by atoms with Crippen molar-refractivity contribution in [3.05, 3.63) is 64.8 Å². The maximum absolute atomic E-state index is 12.8. The van der Waals surface area contributed by atoms with E-state index in [0.29, 0.717) is 29.6 Å². The standard InChI is InChI=1S/C25H25ClN4O/c1-16(2)17-3-6-21(7-4-17)29-25(31)18-9-11-30(12-10-18)24-19(14-27)15-28-23-8-5-20(26)13-22(23)24/h3-8,13,15-16,18H,9-12H2,1-2H3,(H,29,31). The number of fused-ring (bicyclic) bond motifs is 1. The SMILES string of the molecule is CC(C)c1ccc(NC(=O)C2CCN(c3c(C#N)cnc4ccc(Cl)cc34)CC2)cc1. The Morgan fingerprint density at radius 1 is 1.19 bits per heavy atom. The number of carbonyl (C=O) groups excluding carboxylic acids is 1. The van der Waals surface area contributed by atoms with Crippen LogP contribution in [0.4, 0.5) is 11.4 Å². The quantitative estimate of drug-likeness (QED) is 0.570. The van der Waals surface area contributed by atoms with E-state index in [-0.39, 0.29) is 11.8 Å². The maximum atomic E-state index is 12.8. The maximum Gasteiger partial charge on any atom is 0.227 e. The van der Waals surface area contributed by atoms with Crippen LogP contribution >= 0.6 is 11.6 Å². The Bertz CT molecular complexity index is 1140. The highest BCUT2D eigenvalue weighted by Gasteiger charge is 2.27. The predicted molar refractivity (Wildman–Crippen MR) is 126 cm³/mol. The molecule has 0 saturated carbocycles. The van der Waals surface area contributed by atoms with E-state index < -0.39 is 0 Å². The Hall–Kier alpha value is -3.10. The van der Waals surface area contributed by atoms with E-state index >= 15 is 0 Å². The average Bonchev–Trinajstić information content (AvgIpc) is 2.78. The first kappa shape index (κ1) is 21.1. The lowest BCUT2D eigenvalue weighted by Gasteiger charge is -2.34. The number of hydrogen-bond acceptors (Lipinski definition) is 4. The molecule has 0 unspecified atom stereocenters. The molecule has 1 amide bonds. The summed E-state index contributed by atoms with van der Waals surface area (Å²) in [6, 6.07) is 15.8. The number of nitrogens with zero attached hydrogens (tertiary/aromatic N) is 3. The highest BCUT2D eigenvalue weighted by atomic mass is 35.5. The zero-order valence-corrected chi connectivity index (χ0v) is 18.5. The second-order valence-electron chi connectivity index (χ2n) is 8.32. The molecule has 6 heteroatoms. The number of amides is 1. The summed E-state index contributed by atoms with van der Waals surface area (Å²) in [4.78, 5) is 19.4. The summed E-state index contributed by atoms with van der Waals surface area (Å²) in [5.74, 6) is 0.467. The molecule has 0 aliphatic carbocycles. The normalized spacial score (nSPS) is 14.6. The smallest absolute Gasteiger partial charge is 0.227 e. The van der Waals surface area contributed by atoms with Crippen LogP contribution in [-0.4, -0.2) is 24.0 Å². The fourth-order valence-corrected chi connectivity index (χ4v) is 4.31. The van der Waals surface area contributed by atoms with E-state index in [9.17, 15) is 10.1 Å². The van der Waals surface area contributed by atoms with Crippen molar-refractivity contribution in [3.8, 4) is 6.07 Å². The average molecular weight is 433 g/mol. The van der Waals surface area contributed by atoms with Crippen LogP contribution in [0.15, 0.2) is 48.7 Å². The van der Waals surface area contributed by atoms with Crippen molar-refractivity contribution in [1.29, 1.82) is 5.26 Å². The van der Waals surface area contributed by atoms with Crippen LogP contribution in [0.1, 0.15) is 43.7 Å². The van der Waals surface area contributed by atoms with Crippen LogP contribution in [0.5, 0.6) is 0 Å². The molecule has 1 saturated heterocycles. The molecule has 2 heterocycles. The molecular weight excluding hydrogens is 408 g/mol. The largest absolute Gasteiger partial charge is 0.370 e. The molecule has 4 rings (SSSR count). The van der Waals surface area contributed by atoms with Gasteiger partial charge in [-0.2, -0.15) is 5.26 Å². The molecule has 1 fully saturated rings. The van der Waals surface area contributed by atoms with Gasteiger partial charge in [0.05, 0.1) is 16.8 Å². The number of rotatable bonds is 4. The van der Waals surface area contributed by atoms with Crippen molar-refractivity contribution in [2.24, 2.45) is 5.92 Å². The summed E-state index contributed by atoms with van der Waals surface area (Å²) in [6.45, 7) is 5.70. The van der Waals surface area contributed by atoms with Crippen molar-refractivity contribution in [2.45, 2.75) is 32.6 Å². The Labute approximate surface area is 187 Å². The summed E-state index contributed by atoms with van der Waals surface area (Å²) < 4.78 is 0. The third-order valence-electron chi connectivity index (χ3n) is 5.95. The molecule has 1 aliphatic rings. The van der Waals surface area contributed by atoms with Gasteiger partial charge in [-0.25, -0.2) is 0 Å². The number of benzene rings is 2. The first-order valence-electron chi connectivity index (χ1n) is 10.6. The molecule has 5 nitrogen and oxygen atoms in total. The zero-order valence-electron chi connectivity index (χ0n) is 17.7. The number of pyridine rings is 1. The van der Waals surface area contributed by atoms with Gasteiger partial charge >= 0.3 is 0 Å². The van der Waals surface area contributed by atoms with E-state index in [1.54, 1.807) is 12.3 Å². The minimum atomic E-state index is -0.0525. The summed E-state index contributed by atoms with van der Waals surface area (Å²) in [5, 5.41) is 14.2. The van der Waals surface area contributed by atoms with Crippen molar-refractivity contribution in [3.63, 3.8) is 0 Å². The van der Waals surface area contributed by atoms with Gasteiger partial charge in [0.2, 0.25) is 5.91 Å². The number of nitriles is 1. The predicted octanol–water partition coefficient (Wildman–Crippen LogP) is 5.74. The van der Waals surface area contributed by atoms with Crippen LogP contribution in [0.2, 0.25) is 5.02 Å². The van der Waals surface area contributed by atoms with Crippen molar-refractivity contribution >= 4 is 39.8 Å². The summed E-state index contributed by atoms with van der Waals surface area (Å²) in [6.07, 6.45) is 3.07. The molecule has 1 N–H and O–H groups in total. The molecule has 3 aromatic rings. The van der Waals surface area contributed by atoms with E-state index in [1.165, 1.54) is 5.56 Å². The van der Waals surface area contributed by atoms with Gasteiger partial charge in [-0.15, -0.1) is 0 Å². The summed E-state index contributed by atoms with van der Waals surface area (Å²) in [7, 11) is 0. The van der Waals surface area contributed by atoms with Gasteiger partial charge in [0.15, 0.2) is 0 Å². The minimum absolute atomic E-state index is 0.0525. The number of anilines is 2. The molecule has 0 atom stereocenters. The Balaban J connectivity index is 1.47. The number of carbonyl (C=O) groups is 1. The number of piperidine rings is 1. The number of halogens is 1. The topological polar surface area (TPSA) is 69.0 Å². The summed E-state index contributed by atoms with van der Waals surface area (Å²) >= 11 is 6.21. The number of nitrogens with one attached hydrogen (secondary N) is 1. The van der Waals surface area contributed by atoms with Gasteiger partial charge in [0.1, 0.15) is 6.07 Å². The van der Waals surface area contributed by atoms with Crippen molar-refractivity contribution in [2.75, 3.05) is 23.3 Å². The van der Waals surface area contributed by atoms with Crippen molar-refractivity contribution in [1.82, 2.24) is 4.98 Å². The van der Waals surface area contributed by atoms with Gasteiger partial charge < -0.3 is 10.2 Å². The second kappa shape index (κ2) is 8.95. The zero-order chi connectivity index (χ0) is 22.0. The number of hydrogen-bond donors (Lipinski definition) is 1. The molecule has 0 radical (unpaired) electrons. The third kappa shape index (κ3) is 4.50. The number of aromatic nitrogens is 1. The second-order valence-corrected chi connectivity index (χ2v) is 8.76. The lowest BCUT2D eigenvalue weighted by molar-refractivity contribution is -0.120. The van der Waals surface area contributed by atoms with Crippen LogP contribution in [0.3, 0.4) is 0 Å². The highest BCUT2D eigenvalue weighted by Crippen LogP contribution is 2.34. The fraction of sp³-hybridized carbons (Fsp3) is 0.320. The van der Waals surface area contributed by atoms with Crippen LogP contribution in [-0.2, 0) is 4.79 Å². The monoisotopic (exact) mass is 432 g/mol. The van der Waals surface area contributed by atoms with Gasteiger partial charge in [0, 0.05) is 41.3 Å². The van der Waals surface area contributed by atoms with E-state index in [1.807, 2.05) is 24.3 Å². The van der Waals surface area contributed by atoms with E-state index in [0.717, 1.165) is 35.1 Å². The molecule has 0 bridgehead atoms. The van der Waals surface area contributed by atoms with Crippen LogP contribution in [0, 0.1) is 17.2 Å².